The number of pyridine rings is 1. The summed E-state index contributed by atoms with van der Waals surface area (Å²) in [5, 5.41) is 42.8. The number of aryl methyl sites for hydroxylation is 2. The lowest BCUT2D eigenvalue weighted by Crippen LogP contribution is -1.97. The molecule has 0 unspecified atom stereocenters. The van der Waals surface area contributed by atoms with E-state index in [0.29, 0.717) is 12.1 Å². The second kappa shape index (κ2) is 11.3. The molecule has 0 aliphatic heterocycles. The van der Waals surface area contributed by atoms with Crippen LogP contribution in [0.1, 0.15) is 17.7 Å². The van der Waals surface area contributed by atoms with Crippen molar-refractivity contribution in [2.24, 2.45) is 0 Å². The molecule has 1 aromatic heterocycles. The molecule has 3 aromatic carbocycles. The Morgan fingerprint density at radius 3 is 1.94 bits per heavy atom. The van der Waals surface area contributed by atoms with Crippen LogP contribution in [-0.2, 0) is 12.8 Å². The molecule has 0 fully saturated rings. The lowest BCUT2D eigenvalue weighted by Gasteiger charge is -2.05. The molecule has 0 radical (unpaired) electrons. The fourth-order valence-corrected chi connectivity index (χ4v) is 3.46. The highest BCUT2D eigenvalue weighted by molar-refractivity contribution is 5.84. The Hall–Kier alpha value is -4.93. The zero-order chi connectivity index (χ0) is 25.4. The number of nitro benzene ring substituents is 3. The van der Waals surface area contributed by atoms with Gasteiger partial charge in [-0.15, -0.1) is 0 Å². The number of non-ortho nitro benzene ring substituents is 1. The lowest BCUT2D eigenvalue weighted by atomic mass is 10.0. The van der Waals surface area contributed by atoms with Crippen LogP contribution in [0.2, 0.25) is 0 Å². The first kappa shape index (κ1) is 24.7. The first-order valence-electron chi connectivity index (χ1n) is 10.4. The third kappa shape index (κ3) is 6.32. The van der Waals surface area contributed by atoms with Crippen LogP contribution in [0.3, 0.4) is 0 Å². The number of aromatic hydroxyl groups is 1. The summed E-state index contributed by atoms with van der Waals surface area (Å²) < 4.78 is 0. The number of nitro groups is 3. The van der Waals surface area contributed by atoms with Crippen molar-refractivity contribution in [3.05, 3.63) is 121 Å². The Morgan fingerprint density at radius 2 is 1.34 bits per heavy atom. The van der Waals surface area contributed by atoms with Crippen molar-refractivity contribution in [1.82, 2.24) is 4.98 Å². The highest BCUT2D eigenvalue weighted by Crippen LogP contribution is 2.38. The van der Waals surface area contributed by atoms with Crippen LogP contribution in [0, 0.1) is 30.3 Å². The number of hydrogen-bond donors (Lipinski definition) is 1. The molecule has 35 heavy (non-hydrogen) atoms. The highest BCUT2D eigenvalue weighted by Gasteiger charge is 2.30. The van der Waals surface area contributed by atoms with E-state index < -0.39 is 37.6 Å². The lowest BCUT2D eigenvalue weighted by molar-refractivity contribution is -0.404. The smallest absolute Gasteiger partial charge is 0.324 e. The molecule has 0 amide bonds. The summed E-state index contributed by atoms with van der Waals surface area (Å²) in [7, 11) is 0. The predicted octanol–water partition coefficient (Wildman–Crippen LogP) is 5.53. The SMILES string of the molecule is O=[N+]([O-])c1cc([N+](=O)[O-])c(O)c([N+](=O)[O-])c1.c1ccc(CCCc2nccc3ccccc23)cc1. The second-order valence-corrected chi connectivity index (χ2v) is 7.42. The Kier molecular flexibility index (Phi) is 7.96. The molecular weight excluding hydrogens is 456 g/mol. The molecule has 0 spiro atoms. The van der Waals surface area contributed by atoms with Crippen LogP contribution in [0.5, 0.6) is 5.75 Å². The van der Waals surface area contributed by atoms with Crippen LogP contribution in [0.15, 0.2) is 79.0 Å². The number of phenolic OH excluding ortho intramolecular Hbond substituents is 1. The van der Waals surface area contributed by atoms with Gasteiger partial charge in [0.2, 0.25) is 0 Å². The van der Waals surface area contributed by atoms with Gasteiger partial charge in [0.1, 0.15) is 0 Å². The summed E-state index contributed by atoms with van der Waals surface area (Å²) in [5.74, 6) is -1.21. The molecule has 0 aliphatic rings. The summed E-state index contributed by atoms with van der Waals surface area (Å²) >= 11 is 0. The summed E-state index contributed by atoms with van der Waals surface area (Å²) in [6, 6.07) is 22.1. The number of phenols is 1. The molecule has 11 heteroatoms. The second-order valence-electron chi connectivity index (χ2n) is 7.42. The first-order chi connectivity index (χ1) is 16.8. The summed E-state index contributed by atoms with van der Waals surface area (Å²) in [6.45, 7) is 0. The van der Waals surface area contributed by atoms with Gasteiger partial charge in [-0.1, -0.05) is 54.6 Å². The number of nitrogens with zero attached hydrogens (tertiary/aromatic N) is 4. The monoisotopic (exact) mass is 476 g/mol. The molecule has 0 bridgehead atoms. The average molecular weight is 476 g/mol. The highest BCUT2D eigenvalue weighted by atomic mass is 16.6. The van der Waals surface area contributed by atoms with Gasteiger partial charge < -0.3 is 5.11 Å². The van der Waals surface area contributed by atoms with Crippen LogP contribution in [-0.4, -0.2) is 24.9 Å². The fourth-order valence-electron chi connectivity index (χ4n) is 3.46. The number of fused-ring (bicyclic) bond motifs is 1. The minimum atomic E-state index is -1.21. The van der Waals surface area contributed by atoms with Gasteiger partial charge in [-0.05, 0) is 36.3 Å². The molecular formula is C24H20N4O7. The topological polar surface area (TPSA) is 163 Å². The zero-order valence-corrected chi connectivity index (χ0v) is 18.3. The Labute approximate surface area is 198 Å². The van der Waals surface area contributed by atoms with Gasteiger partial charge in [0, 0.05) is 17.3 Å². The van der Waals surface area contributed by atoms with Gasteiger partial charge in [-0.25, -0.2) is 0 Å². The van der Waals surface area contributed by atoms with Crippen molar-refractivity contribution in [2.75, 3.05) is 0 Å². The maximum Gasteiger partial charge on any atom is 0.324 e. The summed E-state index contributed by atoms with van der Waals surface area (Å²) in [6.07, 6.45) is 5.22. The van der Waals surface area contributed by atoms with Crippen molar-refractivity contribution in [3.63, 3.8) is 0 Å². The Morgan fingerprint density at radius 1 is 0.743 bits per heavy atom. The molecule has 0 saturated carbocycles. The number of benzene rings is 3. The van der Waals surface area contributed by atoms with E-state index in [1.54, 1.807) is 0 Å². The van der Waals surface area contributed by atoms with E-state index in [2.05, 4.69) is 65.6 Å². The zero-order valence-electron chi connectivity index (χ0n) is 18.3. The van der Waals surface area contributed by atoms with Crippen molar-refractivity contribution in [2.45, 2.75) is 19.3 Å². The molecule has 1 N–H and O–H groups in total. The fraction of sp³-hybridized carbons (Fsp3) is 0.125. The van der Waals surface area contributed by atoms with Crippen LogP contribution >= 0.6 is 0 Å². The molecule has 0 aliphatic carbocycles. The van der Waals surface area contributed by atoms with Crippen LogP contribution in [0.25, 0.3) is 10.8 Å². The van der Waals surface area contributed by atoms with Crippen molar-refractivity contribution in [3.8, 4) is 5.75 Å². The quantitative estimate of drug-likeness (QED) is 0.269. The molecule has 4 rings (SSSR count). The van der Waals surface area contributed by atoms with Crippen molar-refractivity contribution in [1.29, 1.82) is 0 Å². The molecule has 178 valence electrons. The van der Waals surface area contributed by atoms with E-state index in [-0.39, 0.29) is 0 Å². The average Bonchev–Trinajstić information content (AvgIpc) is 2.85. The van der Waals surface area contributed by atoms with Gasteiger partial charge >= 0.3 is 11.4 Å². The number of rotatable bonds is 7. The normalized spacial score (nSPS) is 10.3. The third-order valence-electron chi connectivity index (χ3n) is 5.14. The summed E-state index contributed by atoms with van der Waals surface area (Å²) in [4.78, 5) is 32.3. The largest absolute Gasteiger partial charge is 0.497 e. The van der Waals surface area contributed by atoms with Gasteiger partial charge in [0.25, 0.3) is 11.4 Å². The van der Waals surface area contributed by atoms with Crippen LogP contribution in [0.4, 0.5) is 17.1 Å². The first-order valence-corrected chi connectivity index (χ1v) is 10.4. The minimum absolute atomic E-state index is 0.447. The standard InChI is InChI=1S/C18H17N.C6H3N3O7/c1-2-7-15(8-3-1)9-6-12-18-17-11-5-4-10-16(17)13-14-19-18;10-6-4(8(13)14)1-3(7(11)12)2-5(6)9(15)16/h1-5,7-8,10-11,13-14H,6,9,12H2;1-2,10H. The van der Waals surface area contributed by atoms with E-state index in [1.807, 2.05) is 6.20 Å². The van der Waals surface area contributed by atoms with E-state index in [9.17, 15) is 30.3 Å². The number of hydrogen-bond acceptors (Lipinski definition) is 8. The Balaban J connectivity index is 0.000000199. The van der Waals surface area contributed by atoms with Gasteiger partial charge in [-0.2, -0.15) is 0 Å². The van der Waals surface area contributed by atoms with Gasteiger partial charge in [0.05, 0.1) is 26.9 Å². The maximum absolute atomic E-state index is 10.4. The van der Waals surface area contributed by atoms with E-state index >= 15 is 0 Å². The van der Waals surface area contributed by atoms with Gasteiger partial charge in [0.15, 0.2) is 0 Å². The number of aromatic nitrogens is 1. The Bertz CT molecular complexity index is 1340. The molecule has 0 saturated heterocycles. The molecule has 11 nitrogen and oxygen atoms in total. The van der Waals surface area contributed by atoms with E-state index in [4.69, 9.17) is 5.11 Å². The summed E-state index contributed by atoms with van der Waals surface area (Å²) in [5.41, 5.74) is -0.380. The molecule has 4 aromatic rings. The molecule has 0 atom stereocenters. The molecule has 1 heterocycles. The van der Waals surface area contributed by atoms with Gasteiger partial charge in [-0.3, -0.25) is 35.3 Å². The predicted molar refractivity (Wildman–Crippen MR) is 128 cm³/mol. The van der Waals surface area contributed by atoms with Crippen molar-refractivity contribution >= 4 is 27.8 Å². The third-order valence-corrected chi connectivity index (χ3v) is 5.14. The minimum Gasteiger partial charge on any atom is -0.497 e. The van der Waals surface area contributed by atoms with Crippen LogP contribution < -0.4 is 0 Å². The van der Waals surface area contributed by atoms with E-state index in [0.717, 1.165) is 19.3 Å². The maximum atomic E-state index is 10.4. The van der Waals surface area contributed by atoms with Crippen molar-refractivity contribution < 1.29 is 19.9 Å². The van der Waals surface area contributed by atoms with E-state index in [1.165, 1.54) is 22.0 Å².